The molecule has 156 valence electrons. The third kappa shape index (κ3) is 3.03. The lowest BCUT2D eigenvalue weighted by atomic mass is 9.59. The van der Waals surface area contributed by atoms with Crippen molar-refractivity contribution in [2.75, 3.05) is 7.11 Å². The summed E-state index contributed by atoms with van der Waals surface area (Å²) in [6.45, 7) is 0.251. The molecule has 0 aliphatic heterocycles. The van der Waals surface area contributed by atoms with Crippen LogP contribution in [0.1, 0.15) is 36.3 Å². The van der Waals surface area contributed by atoms with E-state index in [1.54, 1.807) is 0 Å². The Morgan fingerprint density at radius 1 is 1.07 bits per heavy atom. The van der Waals surface area contributed by atoms with Crippen LogP contribution in [0.15, 0.2) is 60.7 Å². The minimum absolute atomic E-state index is 0.0108. The fraction of sp³-hybridized carbons (Fsp3) is 0.375. The van der Waals surface area contributed by atoms with E-state index in [-0.39, 0.29) is 25.8 Å². The Balaban J connectivity index is 1.68. The molecule has 2 N–H and O–H groups in total. The van der Waals surface area contributed by atoms with Crippen molar-refractivity contribution in [3.05, 3.63) is 71.8 Å². The van der Waals surface area contributed by atoms with Gasteiger partial charge in [0.2, 0.25) is 0 Å². The lowest BCUT2D eigenvalue weighted by molar-refractivity contribution is -0.172. The standard InChI is InChI=1S/C24H25NO5/c1-30-22(28)23-13-12-18(20(23)26)24(29,14-19(23)17-10-6-3-7-11-17)21(27)25-15-16-8-4-2-5-9-16/h2-11,18-19,29H,12-15H2,1H3,(H,25,27)/t18?,19-,23?,24+/m0/s1. The third-order valence-electron chi connectivity index (χ3n) is 6.71. The van der Waals surface area contributed by atoms with E-state index in [1.807, 2.05) is 60.7 Å². The van der Waals surface area contributed by atoms with Gasteiger partial charge in [-0.1, -0.05) is 60.7 Å². The molecule has 1 amide bonds. The van der Waals surface area contributed by atoms with Crippen molar-refractivity contribution in [1.29, 1.82) is 0 Å². The zero-order chi connectivity index (χ0) is 21.4. The maximum atomic E-state index is 13.4. The molecule has 2 unspecified atom stereocenters. The van der Waals surface area contributed by atoms with E-state index in [0.29, 0.717) is 0 Å². The van der Waals surface area contributed by atoms with Crippen LogP contribution in [0, 0.1) is 11.3 Å². The van der Waals surface area contributed by atoms with Crippen LogP contribution in [0.4, 0.5) is 0 Å². The van der Waals surface area contributed by atoms with Gasteiger partial charge in [-0.25, -0.2) is 0 Å². The molecule has 0 saturated heterocycles. The first-order valence-corrected chi connectivity index (χ1v) is 10.2. The van der Waals surface area contributed by atoms with Crippen molar-refractivity contribution in [2.45, 2.75) is 37.3 Å². The molecule has 2 bridgehead atoms. The summed E-state index contributed by atoms with van der Waals surface area (Å²) in [6.07, 6.45) is 0.521. The summed E-state index contributed by atoms with van der Waals surface area (Å²) in [5.41, 5.74) is -1.59. The lowest BCUT2D eigenvalue weighted by Gasteiger charge is -2.44. The first kappa shape index (κ1) is 20.3. The number of Topliss-reactive ketones (excluding diaryl/α,β-unsaturated/α-hetero) is 1. The molecule has 2 aromatic rings. The van der Waals surface area contributed by atoms with E-state index < -0.39 is 40.5 Å². The molecule has 2 aromatic carbocycles. The Morgan fingerprint density at radius 3 is 2.33 bits per heavy atom. The number of ether oxygens (including phenoxy) is 1. The van der Waals surface area contributed by atoms with Crippen LogP contribution in [0.25, 0.3) is 0 Å². The van der Waals surface area contributed by atoms with E-state index >= 15 is 0 Å². The highest BCUT2D eigenvalue weighted by molar-refractivity contribution is 6.11. The number of hydrogen-bond donors (Lipinski definition) is 2. The molecule has 2 aliphatic carbocycles. The van der Waals surface area contributed by atoms with Crippen molar-refractivity contribution in [2.24, 2.45) is 11.3 Å². The molecule has 2 fully saturated rings. The van der Waals surface area contributed by atoms with E-state index in [4.69, 9.17) is 4.74 Å². The molecule has 6 nitrogen and oxygen atoms in total. The molecular formula is C24H25NO5. The summed E-state index contributed by atoms with van der Waals surface area (Å²) in [4.78, 5) is 39.4. The van der Waals surface area contributed by atoms with Gasteiger partial charge in [0.15, 0.2) is 11.4 Å². The van der Waals surface area contributed by atoms with Crippen LogP contribution < -0.4 is 5.32 Å². The Bertz CT molecular complexity index is 960. The van der Waals surface area contributed by atoms with Crippen molar-refractivity contribution < 1.29 is 24.2 Å². The number of amides is 1. The highest BCUT2D eigenvalue weighted by Crippen LogP contribution is 2.59. The smallest absolute Gasteiger partial charge is 0.319 e. The number of nitrogens with one attached hydrogen (secondary N) is 1. The average molecular weight is 407 g/mol. The molecule has 6 heteroatoms. The van der Waals surface area contributed by atoms with Crippen LogP contribution in [0.3, 0.4) is 0 Å². The van der Waals surface area contributed by atoms with Crippen molar-refractivity contribution in [3.63, 3.8) is 0 Å². The number of benzene rings is 2. The number of ketones is 1. The number of carbonyl (C=O) groups is 3. The summed E-state index contributed by atoms with van der Waals surface area (Å²) in [5, 5.41) is 14.3. The molecular weight excluding hydrogens is 382 g/mol. The predicted molar refractivity (Wildman–Crippen MR) is 109 cm³/mol. The Hall–Kier alpha value is -2.99. The number of rotatable bonds is 5. The number of methoxy groups -OCH3 is 1. The summed E-state index contributed by atoms with van der Waals surface area (Å²) in [6, 6.07) is 18.5. The lowest BCUT2D eigenvalue weighted by Crippen LogP contribution is -2.61. The van der Waals surface area contributed by atoms with Crippen molar-refractivity contribution in [3.8, 4) is 0 Å². The van der Waals surface area contributed by atoms with Gasteiger partial charge in [0.05, 0.1) is 13.0 Å². The van der Waals surface area contributed by atoms with Crippen LogP contribution in [0.5, 0.6) is 0 Å². The SMILES string of the molecule is COC(=O)C12CCC(C1=O)[C@@](O)(C(=O)NCc1ccccc1)C[C@H]2c1ccccc1. The second-order valence-electron chi connectivity index (χ2n) is 8.18. The normalized spacial score (nSPS) is 30.0. The number of carbonyl (C=O) groups excluding carboxylic acids is 3. The number of aliphatic hydroxyl groups is 1. The van der Waals surface area contributed by atoms with E-state index in [2.05, 4.69) is 5.32 Å². The molecule has 2 aliphatic rings. The molecule has 0 spiro atoms. The zero-order valence-corrected chi connectivity index (χ0v) is 16.8. The summed E-state index contributed by atoms with van der Waals surface area (Å²) >= 11 is 0. The van der Waals surface area contributed by atoms with Gasteiger partial charge in [-0.3, -0.25) is 14.4 Å². The second-order valence-corrected chi connectivity index (χ2v) is 8.18. The van der Waals surface area contributed by atoms with Gasteiger partial charge in [0, 0.05) is 12.5 Å². The molecule has 0 aromatic heterocycles. The summed E-state index contributed by atoms with van der Waals surface area (Å²) < 4.78 is 5.02. The van der Waals surface area contributed by atoms with Crippen LogP contribution >= 0.6 is 0 Å². The van der Waals surface area contributed by atoms with Crippen molar-refractivity contribution >= 4 is 17.7 Å². The van der Waals surface area contributed by atoms with E-state index in [9.17, 15) is 19.5 Å². The maximum Gasteiger partial charge on any atom is 0.319 e. The Morgan fingerprint density at radius 2 is 1.70 bits per heavy atom. The van der Waals surface area contributed by atoms with Gasteiger partial charge in [-0.15, -0.1) is 0 Å². The van der Waals surface area contributed by atoms with Gasteiger partial charge in [-0.2, -0.15) is 0 Å². The fourth-order valence-electron chi connectivity index (χ4n) is 5.16. The molecule has 4 atom stereocenters. The minimum Gasteiger partial charge on any atom is -0.468 e. The van der Waals surface area contributed by atoms with Gasteiger partial charge in [0.1, 0.15) is 5.41 Å². The second kappa shape index (κ2) is 7.69. The number of fused-ring (bicyclic) bond motifs is 2. The summed E-state index contributed by atoms with van der Waals surface area (Å²) in [7, 11) is 1.27. The molecule has 30 heavy (non-hydrogen) atoms. The van der Waals surface area contributed by atoms with Gasteiger partial charge < -0.3 is 15.2 Å². The largest absolute Gasteiger partial charge is 0.468 e. The Kier molecular flexibility index (Phi) is 5.20. The summed E-state index contributed by atoms with van der Waals surface area (Å²) in [5.74, 6) is -3.12. The van der Waals surface area contributed by atoms with Gasteiger partial charge in [0.25, 0.3) is 5.91 Å². The predicted octanol–water partition coefficient (Wildman–Crippen LogP) is 2.36. The first-order chi connectivity index (χ1) is 14.4. The average Bonchev–Trinajstić information content (AvgIpc) is 3.06. The van der Waals surface area contributed by atoms with Crippen molar-refractivity contribution in [1.82, 2.24) is 5.32 Å². The van der Waals surface area contributed by atoms with Gasteiger partial charge in [-0.05, 0) is 30.4 Å². The van der Waals surface area contributed by atoms with Crippen LogP contribution in [-0.4, -0.2) is 35.5 Å². The van der Waals surface area contributed by atoms with E-state index in [1.165, 1.54) is 7.11 Å². The van der Waals surface area contributed by atoms with E-state index in [0.717, 1.165) is 11.1 Å². The monoisotopic (exact) mass is 407 g/mol. The quantitative estimate of drug-likeness (QED) is 0.586. The first-order valence-electron chi connectivity index (χ1n) is 10.2. The maximum absolute atomic E-state index is 13.4. The zero-order valence-electron chi connectivity index (χ0n) is 16.8. The minimum atomic E-state index is -1.87. The fourth-order valence-corrected chi connectivity index (χ4v) is 5.16. The topological polar surface area (TPSA) is 92.7 Å². The third-order valence-corrected chi connectivity index (χ3v) is 6.71. The highest BCUT2D eigenvalue weighted by Gasteiger charge is 2.69. The van der Waals surface area contributed by atoms with Gasteiger partial charge >= 0.3 is 5.97 Å². The van der Waals surface area contributed by atoms with Crippen LogP contribution in [0.2, 0.25) is 0 Å². The number of hydrogen-bond acceptors (Lipinski definition) is 5. The molecule has 2 saturated carbocycles. The number of esters is 1. The Labute approximate surface area is 175 Å². The molecule has 4 rings (SSSR count). The molecule has 0 heterocycles. The highest BCUT2D eigenvalue weighted by atomic mass is 16.5. The molecule has 0 radical (unpaired) electrons. The van der Waals surface area contributed by atoms with Crippen LogP contribution in [-0.2, 0) is 25.7 Å².